The van der Waals surface area contributed by atoms with Crippen LogP contribution in [-0.2, 0) is 4.79 Å². The molecule has 0 heterocycles. The Balaban J connectivity index is 2.24. The highest BCUT2D eigenvalue weighted by Crippen LogP contribution is 2.32. The molecule has 2 unspecified atom stereocenters. The fourth-order valence-corrected chi connectivity index (χ4v) is 2.13. The number of rotatable bonds is 4. The highest BCUT2D eigenvalue weighted by molar-refractivity contribution is 5.81. The largest absolute Gasteiger partial charge is 0.299 e. The average Bonchev–Trinajstić information content (AvgIpc) is 2.47. The Labute approximate surface area is 81.9 Å². The molecule has 0 aromatic heterocycles. The minimum absolute atomic E-state index is 0.411. The molecule has 1 aliphatic rings. The third-order valence-corrected chi connectivity index (χ3v) is 3.12. The van der Waals surface area contributed by atoms with Gasteiger partial charge in [0.05, 0.1) is 0 Å². The van der Waals surface area contributed by atoms with Crippen LogP contribution >= 0.6 is 0 Å². The Morgan fingerprint density at radius 3 is 2.54 bits per heavy atom. The Bertz CT molecular complexity index is 172. The van der Waals surface area contributed by atoms with E-state index in [1.807, 2.05) is 0 Å². The molecule has 0 aromatic rings. The summed E-state index contributed by atoms with van der Waals surface area (Å²) in [7, 11) is 0. The molecule has 1 heteroatoms. The molecule has 0 N–H and O–H groups in total. The van der Waals surface area contributed by atoms with Gasteiger partial charge in [-0.2, -0.15) is 0 Å². The van der Waals surface area contributed by atoms with Gasteiger partial charge >= 0.3 is 0 Å². The van der Waals surface area contributed by atoms with Crippen LogP contribution in [0.3, 0.4) is 0 Å². The predicted molar refractivity (Wildman–Crippen MR) is 55.6 cm³/mol. The van der Waals surface area contributed by atoms with Crippen molar-refractivity contribution < 1.29 is 4.79 Å². The second-order valence-corrected chi connectivity index (χ2v) is 5.01. The van der Waals surface area contributed by atoms with Crippen LogP contribution in [0.5, 0.6) is 0 Å². The molecule has 0 spiro atoms. The minimum Gasteiger partial charge on any atom is -0.299 e. The van der Waals surface area contributed by atoms with E-state index in [1.165, 1.54) is 6.42 Å². The van der Waals surface area contributed by atoms with Gasteiger partial charge in [-0.15, -0.1) is 0 Å². The van der Waals surface area contributed by atoms with Crippen LogP contribution in [0.2, 0.25) is 0 Å². The lowest BCUT2D eigenvalue weighted by Crippen LogP contribution is -2.11. The molecule has 0 bridgehead atoms. The molecule has 0 aliphatic heterocycles. The van der Waals surface area contributed by atoms with Gasteiger partial charge in [0.25, 0.3) is 0 Å². The lowest BCUT2D eigenvalue weighted by molar-refractivity contribution is -0.123. The van der Waals surface area contributed by atoms with E-state index >= 15 is 0 Å². The molecule has 0 aromatic carbocycles. The fraction of sp³-hybridized carbons (Fsp3) is 0.917. The van der Waals surface area contributed by atoms with Gasteiger partial charge in [0.1, 0.15) is 5.78 Å². The van der Waals surface area contributed by atoms with E-state index in [9.17, 15) is 4.79 Å². The van der Waals surface area contributed by atoms with Crippen LogP contribution in [0.4, 0.5) is 0 Å². The Kier molecular flexibility index (Phi) is 3.95. The lowest BCUT2D eigenvalue weighted by Gasteiger charge is -2.09. The third kappa shape index (κ3) is 3.50. The zero-order chi connectivity index (χ0) is 9.84. The first-order valence-electron chi connectivity index (χ1n) is 5.62. The lowest BCUT2D eigenvalue weighted by atomic mass is 9.95. The molecular formula is C12H22O. The van der Waals surface area contributed by atoms with Gasteiger partial charge in [-0.3, -0.25) is 4.79 Å². The Hall–Kier alpha value is -0.330. The number of ketones is 1. The second kappa shape index (κ2) is 4.78. The molecular weight excluding hydrogens is 160 g/mol. The van der Waals surface area contributed by atoms with Crippen LogP contribution in [0.1, 0.15) is 52.9 Å². The van der Waals surface area contributed by atoms with Crippen molar-refractivity contribution in [2.24, 2.45) is 17.8 Å². The summed E-state index contributed by atoms with van der Waals surface area (Å²) >= 11 is 0. The quantitative estimate of drug-likeness (QED) is 0.651. The smallest absolute Gasteiger partial charge is 0.135 e. The summed E-state index contributed by atoms with van der Waals surface area (Å²) in [6.45, 7) is 6.63. The van der Waals surface area contributed by atoms with Crippen LogP contribution in [0.25, 0.3) is 0 Å². The molecule has 1 fully saturated rings. The predicted octanol–water partition coefficient (Wildman–Crippen LogP) is 3.43. The van der Waals surface area contributed by atoms with E-state index in [0.717, 1.165) is 31.6 Å². The number of carbonyl (C=O) groups excluding carboxylic acids is 1. The van der Waals surface area contributed by atoms with E-state index < -0.39 is 0 Å². The zero-order valence-electron chi connectivity index (χ0n) is 9.18. The van der Waals surface area contributed by atoms with Gasteiger partial charge in [-0.05, 0) is 37.5 Å². The monoisotopic (exact) mass is 182 g/mol. The van der Waals surface area contributed by atoms with Gasteiger partial charge in [0, 0.05) is 12.3 Å². The Morgan fingerprint density at radius 1 is 1.38 bits per heavy atom. The zero-order valence-corrected chi connectivity index (χ0v) is 9.18. The summed E-state index contributed by atoms with van der Waals surface area (Å²) in [5.41, 5.74) is 0. The van der Waals surface area contributed by atoms with E-state index in [2.05, 4.69) is 20.8 Å². The maximum Gasteiger partial charge on any atom is 0.135 e. The van der Waals surface area contributed by atoms with Gasteiger partial charge in [0.2, 0.25) is 0 Å². The highest BCUT2D eigenvalue weighted by atomic mass is 16.1. The summed E-state index contributed by atoms with van der Waals surface area (Å²) in [5.74, 6) is 2.39. The van der Waals surface area contributed by atoms with Crippen LogP contribution in [0.15, 0.2) is 0 Å². The number of hydrogen-bond donors (Lipinski definition) is 0. The average molecular weight is 182 g/mol. The van der Waals surface area contributed by atoms with Crippen molar-refractivity contribution in [3.05, 3.63) is 0 Å². The maximum atomic E-state index is 11.7. The first kappa shape index (κ1) is 10.7. The number of hydrogen-bond acceptors (Lipinski definition) is 1. The molecule has 1 aliphatic carbocycles. The van der Waals surface area contributed by atoms with Crippen molar-refractivity contribution in [3.8, 4) is 0 Å². The number of carbonyl (C=O) groups is 1. The first-order chi connectivity index (χ1) is 6.09. The normalized spacial score (nSPS) is 28.3. The fourth-order valence-electron chi connectivity index (χ4n) is 2.13. The van der Waals surface area contributed by atoms with E-state index in [0.29, 0.717) is 17.6 Å². The van der Waals surface area contributed by atoms with Crippen molar-refractivity contribution in [1.29, 1.82) is 0 Å². The van der Waals surface area contributed by atoms with Gasteiger partial charge in [0.15, 0.2) is 0 Å². The van der Waals surface area contributed by atoms with E-state index in [1.54, 1.807) is 0 Å². The van der Waals surface area contributed by atoms with Gasteiger partial charge < -0.3 is 0 Å². The van der Waals surface area contributed by atoms with E-state index in [-0.39, 0.29) is 0 Å². The van der Waals surface area contributed by atoms with Crippen LogP contribution in [-0.4, -0.2) is 5.78 Å². The van der Waals surface area contributed by atoms with Gasteiger partial charge in [-0.25, -0.2) is 0 Å². The maximum absolute atomic E-state index is 11.7. The standard InChI is InChI=1S/C12H22O/c1-9(2)4-7-12(13)11-6-5-10(3)8-11/h9-11H,4-8H2,1-3H3. The SMILES string of the molecule is CC(C)CCC(=O)C1CCC(C)C1. The van der Waals surface area contributed by atoms with E-state index in [4.69, 9.17) is 0 Å². The van der Waals surface area contributed by atoms with Crippen molar-refractivity contribution in [2.75, 3.05) is 0 Å². The number of Topliss-reactive ketones (excluding diaryl/α,β-unsaturated/α-hetero) is 1. The van der Waals surface area contributed by atoms with Crippen LogP contribution in [0, 0.1) is 17.8 Å². The highest BCUT2D eigenvalue weighted by Gasteiger charge is 2.26. The summed E-state index contributed by atoms with van der Waals surface area (Å²) in [6, 6.07) is 0. The summed E-state index contributed by atoms with van der Waals surface area (Å²) in [4.78, 5) is 11.7. The third-order valence-electron chi connectivity index (χ3n) is 3.12. The first-order valence-corrected chi connectivity index (χ1v) is 5.62. The molecule has 1 nitrogen and oxygen atoms in total. The molecule has 0 saturated heterocycles. The Morgan fingerprint density at radius 2 is 2.08 bits per heavy atom. The molecule has 0 radical (unpaired) electrons. The summed E-state index contributed by atoms with van der Waals surface area (Å²) in [5, 5.41) is 0. The minimum atomic E-state index is 0.411. The second-order valence-electron chi connectivity index (χ2n) is 5.01. The van der Waals surface area contributed by atoms with Crippen molar-refractivity contribution >= 4 is 5.78 Å². The molecule has 76 valence electrons. The molecule has 13 heavy (non-hydrogen) atoms. The summed E-state index contributed by atoms with van der Waals surface area (Å²) in [6.07, 6.45) is 5.45. The van der Waals surface area contributed by atoms with Crippen LogP contribution < -0.4 is 0 Å². The summed E-state index contributed by atoms with van der Waals surface area (Å²) < 4.78 is 0. The van der Waals surface area contributed by atoms with Crippen molar-refractivity contribution in [1.82, 2.24) is 0 Å². The molecule has 1 rings (SSSR count). The molecule has 0 amide bonds. The topological polar surface area (TPSA) is 17.1 Å². The van der Waals surface area contributed by atoms with Crippen molar-refractivity contribution in [3.63, 3.8) is 0 Å². The van der Waals surface area contributed by atoms with Crippen molar-refractivity contribution in [2.45, 2.75) is 52.9 Å². The molecule has 1 saturated carbocycles. The van der Waals surface area contributed by atoms with Gasteiger partial charge in [-0.1, -0.05) is 20.8 Å². The molecule has 2 atom stereocenters.